The molecule has 0 aliphatic carbocycles. The number of nitrogen functional groups attached to an aromatic ring is 1. The summed E-state index contributed by atoms with van der Waals surface area (Å²) in [5, 5.41) is 26.4. The molecule has 0 spiro atoms. The largest absolute Gasteiger partial charge is 0.382 e. The Labute approximate surface area is 129 Å². The van der Waals surface area contributed by atoms with Crippen molar-refractivity contribution in [1.29, 1.82) is 5.26 Å². The first kappa shape index (κ1) is 15.7. The van der Waals surface area contributed by atoms with Crippen molar-refractivity contribution < 1.29 is 0 Å². The molecule has 2 aromatic heterocycles. The van der Waals surface area contributed by atoms with Gasteiger partial charge in [0, 0.05) is 19.5 Å². The molecule has 0 radical (unpaired) electrons. The fourth-order valence-corrected chi connectivity index (χ4v) is 2.14. The van der Waals surface area contributed by atoms with Gasteiger partial charge >= 0.3 is 0 Å². The summed E-state index contributed by atoms with van der Waals surface area (Å²) in [6.07, 6.45) is 0. The van der Waals surface area contributed by atoms with E-state index in [4.69, 9.17) is 5.73 Å². The minimum Gasteiger partial charge on any atom is -0.382 e. The van der Waals surface area contributed by atoms with Gasteiger partial charge in [-0.1, -0.05) is 20.8 Å². The van der Waals surface area contributed by atoms with E-state index < -0.39 is 0 Å². The van der Waals surface area contributed by atoms with Gasteiger partial charge < -0.3 is 5.73 Å². The van der Waals surface area contributed by atoms with Gasteiger partial charge in [0.15, 0.2) is 11.5 Å². The molecule has 0 atom stereocenters. The third kappa shape index (κ3) is 2.57. The monoisotopic (exact) mass is 300 g/mol. The van der Waals surface area contributed by atoms with Gasteiger partial charge in [-0.15, -0.1) is 10.2 Å². The molecule has 2 aromatic rings. The number of aryl methyl sites for hydroxylation is 3. The molecule has 116 valence electrons. The van der Waals surface area contributed by atoms with Crippen LogP contribution in [0, 0.1) is 18.3 Å². The normalized spacial score (nSPS) is 12.0. The maximum Gasteiger partial charge on any atom is 0.191 e. The first-order valence-corrected chi connectivity index (χ1v) is 6.85. The summed E-state index contributed by atoms with van der Waals surface area (Å²) < 4.78 is 3.10. The maximum atomic E-state index is 9.44. The number of nitrogens with zero attached hydrogens (tertiary/aromatic N) is 7. The molecule has 8 heteroatoms. The molecule has 0 bridgehead atoms. The van der Waals surface area contributed by atoms with E-state index in [1.54, 1.807) is 30.4 Å². The first-order valence-electron chi connectivity index (χ1n) is 6.85. The number of anilines is 1. The van der Waals surface area contributed by atoms with Gasteiger partial charge in [-0.05, 0) is 6.92 Å². The number of nitrogens with two attached hydrogens (primary N) is 1. The second-order valence-electron chi connectivity index (χ2n) is 6.18. The Hall–Kier alpha value is -2.69. The predicted molar refractivity (Wildman–Crippen MR) is 83.2 cm³/mol. The predicted octanol–water partition coefficient (Wildman–Crippen LogP) is 2.63. The highest BCUT2D eigenvalue weighted by Gasteiger charge is 2.26. The van der Waals surface area contributed by atoms with Crippen LogP contribution in [0.25, 0.3) is 0 Å². The highest BCUT2D eigenvalue weighted by molar-refractivity contribution is 5.61. The van der Waals surface area contributed by atoms with E-state index in [0.29, 0.717) is 34.3 Å². The summed E-state index contributed by atoms with van der Waals surface area (Å²) in [4.78, 5) is 0. The molecular weight excluding hydrogens is 280 g/mol. The fraction of sp³-hybridized carbons (Fsp3) is 0.500. The van der Waals surface area contributed by atoms with Crippen LogP contribution >= 0.6 is 0 Å². The smallest absolute Gasteiger partial charge is 0.191 e. The third-order valence-corrected chi connectivity index (χ3v) is 3.32. The van der Waals surface area contributed by atoms with Gasteiger partial charge in [0.05, 0.1) is 11.4 Å². The lowest BCUT2D eigenvalue weighted by atomic mass is 9.90. The summed E-state index contributed by atoms with van der Waals surface area (Å²) in [5.74, 6) is 0.841. The van der Waals surface area contributed by atoms with Crippen LogP contribution in [0.4, 0.5) is 17.3 Å². The minimum absolute atomic E-state index is 0.250. The van der Waals surface area contributed by atoms with E-state index in [0.717, 1.165) is 0 Å². The summed E-state index contributed by atoms with van der Waals surface area (Å²) >= 11 is 0. The van der Waals surface area contributed by atoms with Crippen LogP contribution < -0.4 is 5.73 Å². The third-order valence-electron chi connectivity index (χ3n) is 3.32. The van der Waals surface area contributed by atoms with Crippen molar-refractivity contribution >= 4 is 17.3 Å². The molecule has 2 rings (SSSR count). The SMILES string of the molecule is Cc1nn(C)c(N)c1N=Nc1c(C#N)c(C(C)(C)C)nn1C. The van der Waals surface area contributed by atoms with Crippen molar-refractivity contribution in [3.05, 3.63) is 17.0 Å². The number of rotatable bonds is 2. The van der Waals surface area contributed by atoms with Crippen LogP contribution in [0.5, 0.6) is 0 Å². The van der Waals surface area contributed by atoms with E-state index >= 15 is 0 Å². The highest BCUT2D eigenvalue weighted by atomic mass is 15.4. The maximum absolute atomic E-state index is 9.44. The van der Waals surface area contributed by atoms with Crippen LogP contribution in [0.15, 0.2) is 10.2 Å². The lowest BCUT2D eigenvalue weighted by molar-refractivity contribution is 0.552. The minimum atomic E-state index is -0.250. The van der Waals surface area contributed by atoms with Gasteiger partial charge in [0.25, 0.3) is 0 Å². The number of nitriles is 1. The van der Waals surface area contributed by atoms with E-state index in [9.17, 15) is 5.26 Å². The Bertz CT molecular complexity index is 779. The summed E-state index contributed by atoms with van der Waals surface area (Å²) in [7, 11) is 3.48. The van der Waals surface area contributed by atoms with Gasteiger partial charge in [-0.3, -0.25) is 4.68 Å². The van der Waals surface area contributed by atoms with Gasteiger partial charge in [0.2, 0.25) is 0 Å². The van der Waals surface area contributed by atoms with Crippen molar-refractivity contribution in [3.8, 4) is 6.07 Å². The molecule has 0 saturated heterocycles. The number of hydrogen-bond donors (Lipinski definition) is 1. The van der Waals surface area contributed by atoms with Crippen LogP contribution in [-0.4, -0.2) is 19.6 Å². The topological polar surface area (TPSA) is 110 Å². The Balaban J connectivity index is 2.53. The zero-order chi connectivity index (χ0) is 16.7. The summed E-state index contributed by atoms with van der Waals surface area (Å²) in [6, 6.07) is 2.17. The average molecular weight is 300 g/mol. The molecule has 0 aliphatic heterocycles. The van der Waals surface area contributed by atoms with Crippen molar-refractivity contribution in [2.75, 3.05) is 5.73 Å². The van der Waals surface area contributed by atoms with Crippen molar-refractivity contribution in [1.82, 2.24) is 19.6 Å². The Morgan fingerprint density at radius 2 is 1.77 bits per heavy atom. The van der Waals surface area contributed by atoms with Crippen molar-refractivity contribution in [2.45, 2.75) is 33.1 Å². The molecule has 0 unspecified atom stereocenters. The van der Waals surface area contributed by atoms with Gasteiger partial charge in [-0.25, -0.2) is 4.68 Å². The van der Waals surface area contributed by atoms with Crippen LogP contribution in [0.1, 0.15) is 37.7 Å². The van der Waals surface area contributed by atoms with Crippen LogP contribution in [0.3, 0.4) is 0 Å². The Morgan fingerprint density at radius 3 is 2.23 bits per heavy atom. The van der Waals surface area contributed by atoms with Crippen molar-refractivity contribution in [2.24, 2.45) is 24.3 Å². The number of hydrogen-bond acceptors (Lipinski definition) is 6. The molecular formula is C14H20N8. The summed E-state index contributed by atoms with van der Waals surface area (Å²) in [5.41, 5.74) is 7.97. The van der Waals surface area contributed by atoms with E-state index in [1.165, 1.54) is 0 Å². The first-order chi connectivity index (χ1) is 10.2. The van der Waals surface area contributed by atoms with E-state index in [2.05, 4.69) is 26.5 Å². The van der Waals surface area contributed by atoms with Gasteiger partial charge in [0.1, 0.15) is 17.5 Å². The molecule has 2 N–H and O–H groups in total. The highest BCUT2D eigenvalue weighted by Crippen LogP contribution is 2.33. The lowest BCUT2D eigenvalue weighted by Gasteiger charge is -2.14. The molecule has 0 amide bonds. The van der Waals surface area contributed by atoms with Crippen LogP contribution in [-0.2, 0) is 19.5 Å². The Kier molecular flexibility index (Phi) is 3.75. The number of azo groups is 1. The van der Waals surface area contributed by atoms with Gasteiger partial charge in [-0.2, -0.15) is 15.5 Å². The molecule has 0 saturated carbocycles. The zero-order valence-corrected chi connectivity index (χ0v) is 13.7. The molecule has 0 aromatic carbocycles. The van der Waals surface area contributed by atoms with Crippen molar-refractivity contribution in [3.63, 3.8) is 0 Å². The average Bonchev–Trinajstić information content (AvgIpc) is 2.86. The number of aromatic nitrogens is 4. The molecule has 8 nitrogen and oxygen atoms in total. The van der Waals surface area contributed by atoms with Crippen LogP contribution in [0.2, 0.25) is 0 Å². The molecule has 0 fully saturated rings. The standard InChI is InChI=1S/C14H20N8/c1-8-10(12(16)21(5)19-8)17-18-13-9(7-15)11(14(2,3)4)20-22(13)6/h16H2,1-6H3. The molecule has 2 heterocycles. The van der Waals surface area contributed by atoms with E-state index in [-0.39, 0.29) is 5.41 Å². The second-order valence-corrected chi connectivity index (χ2v) is 6.18. The fourth-order valence-electron chi connectivity index (χ4n) is 2.14. The summed E-state index contributed by atoms with van der Waals surface area (Å²) in [6.45, 7) is 7.81. The van der Waals surface area contributed by atoms with E-state index in [1.807, 2.05) is 20.8 Å². The lowest BCUT2D eigenvalue weighted by Crippen LogP contribution is -2.14. The quantitative estimate of drug-likeness (QED) is 0.859. The Morgan fingerprint density at radius 1 is 1.14 bits per heavy atom. The zero-order valence-electron chi connectivity index (χ0n) is 13.7. The molecule has 22 heavy (non-hydrogen) atoms. The second kappa shape index (κ2) is 5.26. The molecule has 0 aliphatic rings.